The molecular formula is C27H29F2N7O5. The number of benzene rings is 2. The van der Waals surface area contributed by atoms with E-state index in [1.54, 1.807) is 22.2 Å². The van der Waals surface area contributed by atoms with Crippen molar-refractivity contribution in [1.82, 2.24) is 24.6 Å². The minimum absolute atomic E-state index is 0.0903. The molecule has 0 aliphatic heterocycles. The Hall–Kier alpha value is -5.01. The highest BCUT2D eigenvalue weighted by Crippen LogP contribution is 2.31. The number of nitrogens with two attached hydrogens (primary N) is 1. The summed E-state index contributed by atoms with van der Waals surface area (Å²) in [6, 6.07) is 8.23. The summed E-state index contributed by atoms with van der Waals surface area (Å²) in [5, 5.41) is 9.66. The van der Waals surface area contributed by atoms with E-state index in [-0.39, 0.29) is 30.2 Å². The maximum absolute atomic E-state index is 13.8. The van der Waals surface area contributed by atoms with E-state index in [1.807, 2.05) is 6.92 Å². The Morgan fingerprint density at radius 2 is 1.93 bits per heavy atom. The first-order valence-electron chi connectivity index (χ1n) is 12.7. The summed E-state index contributed by atoms with van der Waals surface area (Å²) >= 11 is 0. The first-order chi connectivity index (χ1) is 19.6. The van der Waals surface area contributed by atoms with Crippen LogP contribution in [-0.2, 0) is 24.4 Å². The van der Waals surface area contributed by atoms with E-state index in [4.69, 9.17) is 15.2 Å². The number of ether oxygens (including phenoxy) is 2. The predicted molar refractivity (Wildman–Crippen MR) is 145 cm³/mol. The summed E-state index contributed by atoms with van der Waals surface area (Å²) in [6.07, 6.45) is -0.464. The van der Waals surface area contributed by atoms with Crippen LogP contribution in [-0.4, -0.2) is 50.9 Å². The van der Waals surface area contributed by atoms with Crippen LogP contribution in [0.4, 0.5) is 19.5 Å². The third-order valence-electron chi connectivity index (χ3n) is 6.19. The molecule has 4 N–H and O–H groups in total. The van der Waals surface area contributed by atoms with Crippen molar-refractivity contribution in [1.29, 1.82) is 0 Å². The zero-order valence-electron chi connectivity index (χ0n) is 22.7. The van der Waals surface area contributed by atoms with E-state index in [1.165, 1.54) is 31.4 Å². The van der Waals surface area contributed by atoms with E-state index in [0.29, 0.717) is 41.1 Å². The molecule has 0 radical (unpaired) electrons. The number of nitrogens with zero attached hydrogens (tertiary/aromatic N) is 4. The average molecular weight is 570 g/mol. The Morgan fingerprint density at radius 3 is 2.63 bits per heavy atom. The number of hydrogen-bond donors (Lipinski definition) is 3. The van der Waals surface area contributed by atoms with Crippen LogP contribution in [0.5, 0.6) is 5.75 Å². The topological polar surface area (TPSA) is 155 Å². The van der Waals surface area contributed by atoms with Crippen molar-refractivity contribution in [3.05, 3.63) is 70.5 Å². The molecule has 0 fully saturated rings. The molecule has 0 aliphatic carbocycles. The van der Waals surface area contributed by atoms with Crippen LogP contribution in [0, 0.1) is 18.6 Å². The van der Waals surface area contributed by atoms with Gasteiger partial charge in [0.05, 0.1) is 18.3 Å². The number of aromatic nitrogens is 4. The first kappa shape index (κ1) is 29.0. The fourth-order valence-electron chi connectivity index (χ4n) is 4.26. The minimum Gasteiger partial charge on any atom is -0.494 e. The molecule has 0 unspecified atom stereocenters. The SMILES string of the molecule is CCn1nc(C)cc1C(=O)Nc1nc2cc(C(N)=O)cc(OC)c2n1CCCNC(=O)OCc1cccc(F)c1F. The normalized spacial score (nSPS) is 11.0. The van der Waals surface area contributed by atoms with E-state index in [2.05, 4.69) is 20.7 Å². The number of aryl methyl sites for hydroxylation is 3. The molecule has 12 nitrogen and oxygen atoms in total. The molecule has 0 saturated carbocycles. The lowest BCUT2D eigenvalue weighted by Gasteiger charge is -2.13. The Kier molecular flexibility index (Phi) is 8.80. The molecule has 41 heavy (non-hydrogen) atoms. The minimum atomic E-state index is -1.08. The molecule has 0 bridgehead atoms. The van der Waals surface area contributed by atoms with Gasteiger partial charge in [-0.15, -0.1) is 0 Å². The first-order valence-corrected chi connectivity index (χ1v) is 12.7. The van der Waals surface area contributed by atoms with Gasteiger partial charge in [0.1, 0.15) is 23.6 Å². The lowest BCUT2D eigenvalue weighted by molar-refractivity contribution is 0.0995. The summed E-state index contributed by atoms with van der Waals surface area (Å²) in [7, 11) is 1.43. The maximum Gasteiger partial charge on any atom is 0.407 e. The monoisotopic (exact) mass is 569 g/mol. The van der Waals surface area contributed by atoms with E-state index >= 15 is 0 Å². The van der Waals surface area contributed by atoms with Crippen molar-refractivity contribution in [2.24, 2.45) is 5.73 Å². The fraction of sp³-hybridized carbons (Fsp3) is 0.296. The van der Waals surface area contributed by atoms with Crippen molar-refractivity contribution in [3.8, 4) is 5.75 Å². The largest absolute Gasteiger partial charge is 0.494 e. The molecule has 0 aliphatic rings. The molecule has 2 heterocycles. The molecule has 0 saturated heterocycles. The number of fused-ring (bicyclic) bond motifs is 1. The number of halogens is 2. The number of primary amides is 1. The van der Waals surface area contributed by atoms with Crippen LogP contribution in [0.1, 0.15) is 45.4 Å². The van der Waals surface area contributed by atoms with Crippen LogP contribution >= 0.6 is 0 Å². The Balaban J connectivity index is 1.52. The number of amides is 3. The molecule has 14 heteroatoms. The van der Waals surface area contributed by atoms with Gasteiger partial charge in [-0.05, 0) is 44.5 Å². The maximum atomic E-state index is 13.8. The van der Waals surface area contributed by atoms with E-state index in [0.717, 1.165) is 6.07 Å². The van der Waals surface area contributed by atoms with Crippen LogP contribution in [0.15, 0.2) is 36.4 Å². The van der Waals surface area contributed by atoms with Gasteiger partial charge in [-0.2, -0.15) is 5.10 Å². The van der Waals surface area contributed by atoms with Gasteiger partial charge in [0.2, 0.25) is 11.9 Å². The molecular weight excluding hydrogens is 540 g/mol. The molecule has 216 valence electrons. The molecule has 0 spiro atoms. The summed E-state index contributed by atoms with van der Waals surface area (Å²) in [5.74, 6) is -2.74. The van der Waals surface area contributed by atoms with Crippen LogP contribution in [0.25, 0.3) is 11.0 Å². The van der Waals surface area contributed by atoms with Crippen LogP contribution < -0.4 is 21.1 Å². The van der Waals surface area contributed by atoms with Gasteiger partial charge in [0.15, 0.2) is 11.6 Å². The third-order valence-corrected chi connectivity index (χ3v) is 6.19. The smallest absolute Gasteiger partial charge is 0.407 e. The van der Waals surface area contributed by atoms with Crippen LogP contribution in [0.2, 0.25) is 0 Å². The highest BCUT2D eigenvalue weighted by Gasteiger charge is 2.21. The Morgan fingerprint density at radius 1 is 1.15 bits per heavy atom. The highest BCUT2D eigenvalue weighted by molar-refractivity contribution is 6.04. The molecule has 0 atom stereocenters. The number of methoxy groups -OCH3 is 1. The highest BCUT2D eigenvalue weighted by atomic mass is 19.2. The summed E-state index contributed by atoms with van der Waals surface area (Å²) in [4.78, 5) is 41.7. The Labute approximate surface area is 233 Å². The number of nitrogens with one attached hydrogen (secondary N) is 2. The number of anilines is 1. The fourth-order valence-corrected chi connectivity index (χ4v) is 4.26. The second kappa shape index (κ2) is 12.4. The number of hydrogen-bond acceptors (Lipinski definition) is 7. The number of alkyl carbamates (subject to hydrolysis) is 1. The van der Waals surface area contributed by atoms with Gasteiger partial charge < -0.3 is 25.1 Å². The number of carbonyl (C=O) groups is 3. The van der Waals surface area contributed by atoms with Crippen molar-refractivity contribution in [2.75, 3.05) is 19.0 Å². The molecule has 4 rings (SSSR count). The van der Waals surface area contributed by atoms with Gasteiger partial charge >= 0.3 is 6.09 Å². The third kappa shape index (κ3) is 6.42. The van der Waals surface area contributed by atoms with E-state index in [9.17, 15) is 23.2 Å². The standard InChI is InChI=1S/C27H29F2N7O5/c1-4-36-20(11-15(2)34-36)25(38)33-26-32-19-12-17(24(30)37)13-21(40-3)23(19)35(26)10-6-9-31-27(39)41-14-16-7-5-8-18(28)22(16)29/h5,7-8,11-13H,4,6,9-10,14H2,1-3H3,(H2,30,37)(H,31,39)(H,32,33,38). The molecule has 2 aromatic heterocycles. The van der Waals surface area contributed by atoms with Crippen LogP contribution in [0.3, 0.4) is 0 Å². The summed E-state index contributed by atoms with van der Waals surface area (Å²) < 4.78 is 40.9. The summed E-state index contributed by atoms with van der Waals surface area (Å²) in [5.41, 5.74) is 7.43. The van der Waals surface area contributed by atoms with Gasteiger partial charge in [-0.1, -0.05) is 12.1 Å². The summed E-state index contributed by atoms with van der Waals surface area (Å²) in [6.45, 7) is 4.08. The van der Waals surface area contributed by atoms with Crippen molar-refractivity contribution in [2.45, 2.75) is 40.0 Å². The van der Waals surface area contributed by atoms with E-state index < -0.39 is 36.1 Å². The number of carbonyl (C=O) groups excluding carboxylic acids is 3. The van der Waals surface area contributed by atoms with Gasteiger partial charge in [-0.3, -0.25) is 19.6 Å². The van der Waals surface area contributed by atoms with Crippen molar-refractivity contribution >= 4 is 34.9 Å². The van der Waals surface area contributed by atoms with Crippen molar-refractivity contribution in [3.63, 3.8) is 0 Å². The second-order valence-corrected chi connectivity index (χ2v) is 9.01. The van der Waals surface area contributed by atoms with Crippen molar-refractivity contribution < 1.29 is 32.6 Å². The van der Waals surface area contributed by atoms with Gasteiger partial charge in [0.25, 0.3) is 5.91 Å². The van der Waals surface area contributed by atoms with Gasteiger partial charge in [-0.25, -0.2) is 18.6 Å². The lowest BCUT2D eigenvalue weighted by atomic mass is 10.1. The lowest BCUT2D eigenvalue weighted by Crippen LogP contribution is -2.26. The predicted octanol–water partition coefficient (Wildman–Crippen LogP) is 3.52. The van der Waals surface area contributed by atoms with Gasteiger partial charge in [0, 0.05) is 30.8 Å². The number of rotatable bonds is 11. The molecule has 2 aromatic carbocycles. The zero-order valence-corrected chi connectivity index (χ0v) is 22.7. The molecule has 3 amide bonds. The molecule has 4 aromatic rings. The quantitative estimate of drug-likeness (QED) is 0.233. The number of imidazole rings is 1. The Bertz CT molecular complexity index is 1620. The average Bonchev–Trinajstić information content (AvgIpc) is 3.50. The zero-order chi connectivity index (χ0) is 29.7. The second-order valence-electron chi connectivity index (χ2n) is 9.01.